The average molecular weight is 355 g/mol. The van der Waals surface area contributed by atoms with E-state index >= 15 is 0 Å². The topological polar surface area (TPSA) is 74.7 Å². The summed E-state index contributed by atoms with van der Waals surface area (Å²) >= 11 is 0. The van der Waals surface area contributed by atoms with Crippen LogP contribution in [0.25, 0.3) is 10.9 Å². The number of hydrogen-bond donors (Lipinski definition) is 3. The molecule has 1 saturated heterocycles. The molecule has 136 valence electrons. The molecule has 0 bridgehead atoms. The summed E-state index contributed by atoms with van der Waals surface area (Å²) in [6, 6.07) is 6.57. The molecular formula is C19H22FN5O. The standard InChI is InChI=1S/C19H22FN5O/c20-15-2-3-16-14(13-23-17(16)12-15)4-8-22-18(26)19(5-9-21-10-6-19)25-11-1-7-24-25/h1-3,7,11-13,21,23H,4-6,8-10H2,(H,22,26). The number of carbonyl (C=O) groups excluding carboxylic acids is 1. The van der Waals surface area contributed by atoms with Crippen molar-refractivity contribution in [2.75, 3.05) is 19.6 Å². The van der Waals surface area contributed by atoms with Gasteiger partial charge >= 0.3 is 0 Å². The van der Waals surface area contributed by atoms with Crippen LogP contribution < -0.4 is 10.6 Å². The van der Waals surface area contributed by atoms with Crippen LogP contribution in [0, 0.1) is 5.82 Å². The highest BCUT2D eigenvalue weighted by Crippen LogP contribution is 2.27. The maximum atomic E-state index is 13.3. The summed E-state index contributed by atoms with van der Waals surface area (Å²) < 4.78 is 15.1. The van der Waals surface area contributed by atoms with Crippen LogP contribution in [0.15, 0.2) is 42.9 Å². The van der Waals surface area contributed by atoms with Gasteiger partial charge in [-0.3, -0.25) is 9.48 Å². The summed E-state index contributed by atoms with van der Waals surface area (Å²) in [5.74, 6) is -0.250. The number of aromatic amines is 1. The van der Waals surface area contributed by atoms with Crippen molar-refractivity contribution in [2.45, 2.75) is 24.8 Å². The first-order chi connectivity index (χ1) is 12.7. The van der Waals surface area contributed by atoms with E-state index in [9.17, 15) is 9.18 Å². The minimum atomic E-state index is -0.627. The van der Waals surface area contributed by atoms with Crippen molar-refractivity contribution in [1.29, 1.82) is 0 Å². The Morgan fingerprint density at radius 2 is 2.19 bits per heavy atom. The number of rotatable bonds is 5. The molecule has 3 aromatic rings. The van der Waals surface area contributed by atoms with E-state index in [1.54, 1.807) is 16.9 Å². The highest BCUT2D eigenvalue weighted by Gasteiger charge is 2.41. The van der Waals surface area contributed by atoms with Crippen molar-refractivity contribution in [3.63, 3.8) is 0 Å². The molecule has 1 aliphatic rings. The van der Waals surface area contributed by atoms with Crippen molar-refractivity contribution < 1.29 is 9.18 Å². The molecule has 7 heteroatoms. The molecule has 6 nitrogen and oxygen atoms in total. The highest BCUT2D eigenvalue weighted by atomic mass is 19.1. The van der Waals surface area contributed by atoms with Gasteiger partial charge in [0.2, 0.25) is 5.91 Å². The molecule has 2 aromatic heterocycles. The highest BCUT2D eigenvalue weighted by molar-refractivity contribution is 5.85. The van der Waals surface area contributed by atoms with Crippen LogP contribution in [0.3, 0.4) is 0 Å². The summed E-state index contributed by atoms with van der Waals surface area (Å²) in [6.07, 6.45) is 7.57. The van der Waals surface area contributed by atoms with Crippen LogP contribution in [0.1, 0.15) is 18.4 Å². The minimum absolute atomic E-state index is 0.00795. The summed E-state index contributed by atoms with van der Waals surface area (Å²) in [6.45, 7) is 2.11. The molecule has 0 atom stereocenters. The third-order valence-electron chi connectivity index (χ3n) is 5.21. The van der Waals surface area contributed by atoms with Gasteiger partial charge in [0.15, 0.2) is 0 Å². The first-order valence-electron chi connectivity index (χ1n) is 8.94. The SMILES string of the molecule is O=C(NCCc1c[nH]c2cc(F)ccc12)C1(n2cccn2)CCNCC1. The zero-order valence-electron chi connectivity index (χ0n) is 14.5. The molecule has 26 heavy (non-hydrogen) atoms. The van der Waals surface area contributed by atoms with E-state index < -0.39 is 5.54 Å². The van der Waals surface area contributed by atoms with Crippen molar-refractivity contribution >= 4 is 16.8 Å². The quantitative estimate of drug-likeness (QED) is 0.655. The van der Waals surface area contributed by atoms with Gasteiger partial charge in [-0.05, 0) is 62.2 Å². The van der Waals surface area contributed by atoms with Crippen LogP contribution >= 0.6 is 0 Å². The number of fused-ring (bicyclic) bond motifs is 1. The fourth-order valence-electron chi connectivity index (χ4n) is 3.76. The van der Waals surface area contributed by atoms with Gasteiger partial charge < -0.3 is 15.6 Å². The summed E-state index contributed by atoms with van der Waals surface area (Å²) in [5.41, 5.74) is 1.22. The molecule has 0 aliphatic carbocycles. The van der Waals surface area contributed by atoms with E-state index in [0.717, 1.165) is 29.6 Å². The largest absolute Gasteiger partial charge is 0.361 e. The predicted molar refractivity (Wildman–Crippen MR) is 97.3 cm³/mol. The Kier molecular flexibility index (Phi) is 4.46. The lowest BCUT2D eigenvalue weighted by Gasteiger charge is -2.36. The first kappa shape index (κ1) is 16.8. The number of hydrogen-bond acceptors (Lipinski definition) is 3. The smallest absolute Gasteiger partial charge is 0.248 e. The molecule has 1 fully saturated rings. The lowest BCUT2D eigenvalue weighted by atomic mass is 9.87. The maximum absolute atomic E-state index is 13.3. The maximum Gasteiger partial charge on any atom is 0.248 e. The van der Waals surface area contributed by atoms with Crippen LogP contribution in [0.2, 0.25) is 0 Å². The molecule has 0 spiro atoms. The molecule has 0 unspecified atom stereocenters. The molecule has 4 rings (SSSR count). The number of nitrogens with zero attached hydrogens (tertiary/aromatic N) is 2. The van der Waals surface area contributed by atoms with Crippen LogP contribution in [0.5, 0.6) is 0 Å². The molecule has 0 saturated carbocycles. The monoisotopic (exact) mass is 355 g/mol. The van der Waals surface area contributed by atoms with Crippen LogP contribution in [-0.4, -0.2) is 40.3 Å². The molecule has 1 amide bonds. The van der Waals surface area contributed by atoms with Crippen LogP contribution in [-0.2, 0) is 16.8 Å². The van der Waals surface area contributed by atoms with Gasteiger partial charge in [0.1, 0.15) is 11.4 Å². The normalized spacial score (nSPS) is 16.7. The van der Waals surface area contributed by atoms with E-state index in [0.29, 0.717) is 25.8 Å². The van der Waals surface area contributed by atoms with E-state index in [1.807, 2.05) is 18.5 Å². The third kappa shape index (κ3) is 2.99. The van der Waals surface area contributed by atoms with E-state index in [-0.39, 0.29) is 11.7 Å². The van der Waals surface area contributed by atoms with Gasteiger partial charge in [-0.1, -0.05) is 0 Å². The average Bonchev–Trinajstić information content (AvgIpc) is 3.32. The zero-order chi connectivity index (χ0) is 18.0. The second-order valence-electron chi connectivity index (χ2n) is 6.74. The van der Waals surface area contributed by atoms with Crippen molar-refractivity contribution in [1.82, 2.24) is 25.4 Å². The number of amides is 1. The number of nitrogens with one attached hydrogen (secondary N) is 3. The molecule has 0 radical (unpaired) electrons. The number of aromatic nitrogens is 3. The molecule has 3 N–H and O–H groups in total. The lowest BCUT2D eigenvalue weighted by Crippen LogP contribution is -2.54. The molecule has 1 aliphatic heterocycles. The summed E-state index contributed by atoms with van der Waals surface area (Å²) in [7, 11) is 0. The zero-order valence-corrected chi connectivity index (χ0v) is 14.5. The Balaban J connectivity index is 1.45. The number of benzene rings is 1. The Morgan fingerprint density at radius 3 is 2.96 bits per heavy atom. The van der Waals surface area contributed by atoms with Crippen molar-refractivity contribution in [2.24, 2.45) is 0 Å². The Hall–Kier alpha value is -2.67. The van der Waals surface area contributed by atoms with Gasteiger partial charge in [-0.25, -0.2) is 4.39 Å². The van der Waals surface area contributed by atoms with Gasteiger partial charge in [0.05, 0.1) is 0 Å². The first-order valence-corrected chi connectivity index (χ1v) is 8.94. The minimum Gasteiger partial charge on any atom is -0.361 e. The van der Waals surface area contributed by atoms with Crippen molar-refractivity contribution in [3.8, 4) is 0 Å². The van der Waals surface area contributed by atoms with E-state index in [1.165, 1.54) is 12.1 Å². The van der Waals surface area contributed by atoms with E-state index in [4.69, 9.17) is 0 Å². The Labute approximate surface area is 150 Å². The fourth-order valence-corrected chi connectivity index (χ4v) is 3.76. The van der Waals surface area contributed by atoms with Gasteiger partial charge in [0.25, 0.3) is 0 Å². The third-order valence-corrected chi connectivity index (χ3v) is 5.21. The molecular weight excluding hydrogens is 333 g/mol. The lowest BCUT2D eigenvalue weighted by molar-refractivity contribution is -0.131. The van der Waals surface area contributed by atoms with E-state index in [2.05, 4.69) is 20.7 Å². The summed E-state index contributed by atoms with van der Waals surface area (Å²) in [5, 5.41) is 11.7. The van der Waals surface area contributed by atoms with Gasteiger partial charge in [-0.15, -0.1) is 0 Å². The fraction of sp³-hybridized carbons (Fsp3) is 0.368. The second-order valence-corrected chi connectivity index (χ2v) is 6.74. The molecule has 1 aromatic carbocycles. The number of carbonyl (C=O) groups is 1. The Morgan fingerprint density at radius 1 is 1.35 bits per heavy atom. The van der Waals surface area contributed by atoms with Crippen molar-refractivity contribution in [3.05, 3.63) is 54.2 Å². The summed E-state index contributed by atoms with van der Waals surface area (Å²) in [4.78, 5) is 16.1. The number of H-pyrrole nitrogens is 1. The van der Waals surface area contributed by atoms with Gasteiger partial charge in [0, 0.05) is 36.0 Å². The Bertz CT molecular complexity index is 896. The van der Waals surface area contributed by atoms with Gasteiger partial charge in [-0.2, -0.15) is 5.10 Å². The van der Waals surface area contributed by atoms with Crippen LogP contribution in [0.4, 0.5) is 4.39 Å². The molecule has 3 heterocycles. The second kappa shape index (κ2) is 6.92. The number of halogens is 1. The number of piperidine rings is 1. The predicted octanol–water partition coefficient (Wildman–Crippen LogP) is 1.94.